The second kappa shape index (κ2) is 9.47. The fraction of sp³-hybridized carbons (Fsp3) is 0.591. The zero-order valence-electron chi connectivity index (χ0n) is 19.6. The molecule has 0 saturated carbocycles. The van der Waals surface area contributed by atoms with E-state index in [1.807, 2.05) is 4.90 Å². The maximum atomic E-state index is 12.7. The van der Waals surface area contributed by atoms with Crippen molar-refractivity contribution in [3.8, 4) is 11.3 Å². The van der Waals surface area contributed by atoms with Crippen molar-refractivity contribution in [2.24, 2.45) is 5.73 Å². The summed E-state index contributed by atoms with van der Waals surface area (Å²) in [4.78, 5) is 37.4. The lowest BCUT2D eigenvalue weighted by molar-refractivity contribution is -0.134. The highest BCUT2D eigenvalue weighted by molar-refractivity contribution is 5.86. The Morgan fingerprint density at radius 3 is 2.50 bits per heavy atom. The van der Waals surface area contributed by atoms with Gasteiger partial charge in [0.25, 0.3) is 0 Å². The highest BCUT2D eigenvalue weighted by atomic mass is 35.5. The van der Waals surface area contributed by atoms with Gasteiger partial charge < -0.3 is 30.9 Å². The SMILES string of the molecule is CC(C)(N)C(=O)N1CC[C@@H](N2CCc3c(-c4cnc(N)nc4)nc(N4CCOCC4)nc32)C1.Cl. The largest absolute Gasteiger partial charge is 0.378 e. The van der Waals surface area contributed by atoms with E-state index in [9.17, 15) is 4.79 Å². The van der Waals surface area contributed by atoms with E-state index in [0.717, 1.165) is 55.1 Å². The van der Waals surface area contributed by atoms with Crippen molar-refractivity contribution >= 4 is 36.0 Å². The molecule has 5 rings (SSSR count). The summed E-state index contributed by atoms with van der Waals surface area (Å²) in [6.45, 7) is 8.50. The molecule has 11 nitrogen and oxygen atoms in total. The maximum Gasteiger partial charge on any atom is 0.242 e. The minimum absolute atomic E-state index is 0. The average molecular weight is 490 g/mol. The van der Waals surface area contributed by atoms with Crippen molar-refractivity contribution in [1.82, 2.24) is 24.8 Å². The average Bonchev–Trinajstić information content (AvgIpc) is 3.45. The molecule has 1 amide bonds. The van der Waals surface area contributed by atoms with E-state index in [0.29, 0.717) is 32.3 Å². The fourth-order valence-electron chi connectivity index (χ4n) is 4.81. The third-order valence-corrected chi connectivity index (χ3v) is 6.53. The first-order chi connectivity index (χ1) is 15.8. The van der Waals surface area contributed by atoms with Gasteiger partial charge in [0.1, 0.15) is 5.82 Å². The third-order valence-electron chi connectivity index (χ3n) is 6.53. The minimum Gasteiger partial charge on any atom is -0.378 e. The number of halogens is 1. The molecule has 2 aromatic rings. The number of anilines is 3. The van der Waals surface area contributed by atoms with Crippen LogP contribution in [0.3, 0.4) is 0 Å². The molecule has 12 heteroatoms. The second-order valence-electron chi connectivity index (χ2n) is 9.46. The van der Waals surface area contributed by atoms with E-state index in [-0.39, 0.29) is 30.3 Å². The van der Waals surface area contributed by atoms with E-state index in [1.54, 1.807) is 26.2 Å². The number of rotatable bonds is 4. The molecular weight excluding hydrogens is 458 g/mol. The Balaban J connectivity index is 0.00000274. The van der Waals surface area contributed by atoms with Crippen molar-refractivity contribution in [2.75, 3.05) is 61.5 Å². The lowest BCUT2D eigenvalue weighted by Gasteiger charge is -2.30. The molecule has 2 fully saturated rings. The number of amides is 1. The number of hydrogen-bond acceptors (Lipinski definition) is 10. The van der Waals surface area contributed by atoms with E-state index in [1.165, 1.54) is 0 Å². The predicted molar refractivity (Wildman–Crippen MR) is 132 cm³/mol. The van der Waals surface area contributed by atoms with Crippen LogP contribution in [0.15, 0.2) is 12.4 Å². The van der Waals surface area contributed by atoms with Crippen LogP contribution in [0.4, 0.5) is 17.7 Å². The summed E-state index contributed by atoms with van der Waals surface area (Å²) >= 11 is 0. The predicted octanol–water partition coefficient (Wildman–Crippen LogP) is 0.475. The Labute approximate surface area is 205 Å². The Bertz CT molecular complexity index is 1040. The molecule has 4 N–H and O–H groups in total. The number of carbonyl (C=O) groups is 1. The molecule has 3 aliphatic heterocycles. The van der Waals surface area contributed by atoms with Crippen molar-refractivity contribution < 1.29 is 9.53 Å². The molecule has 0 spiro atoms. The first kappa shape index (κ1) is 24.4. The van der Waals surface area contributed by atoms with E-state index in [2.05, 4.69) is 19.8 Å². The summed E-state index contributed by atoms with van der Waals surface area (Å²) in [7, 11) is 0. The third kappa shape index (κ3) is 4.59. The molecule has 3 aliphatic rings. The molecule has 0 unspecified atom stereocenters. The van der Waals surface area contributed by atoms with Crippen LogP contribution < -0.4 is 21.3 Å². The van der Waals surface area contributed by atoms with Gasteiger partial charge in [-0.05, 0) is 26.7 Å². The number of fused-ring (bicyclic) bond motifs is 1. The van der Waals surface area contributed by atoms with Crippen LogP contribution in [0.25, 0.3) is 11.3 Å². The zero-order chi connectivity index (χ0) is 23.2. The summed E-state index contributed by atoms with van der Waals surface area (Å²) in [5.74, 6) is 1.84. The number of morpholine rings is 1. The van der Waals surface area contributed by atoms with Gasteiger partial charge in [0.05, 0.1) is 24.4 Å². The molecule has 1 atom stereocenters. The van der Waals surface area contributed by atoms with Gasteiger partial charge in [0.15, 0.2) is 0 Å². The zero-order valence-corrected chi connectivity index (χ0v) is 20.4. The van der Waals surface area contributed by atoms with Gasteiger partial charge in [0, 0.05) is 62.3 Å². The quantitative estimate of drug-likeness (QED) is 0.622. The number of nitrogens with zero attached hydrogens (tertiary/aromatic N) is 7. The van der Waals surface area contributed by atoms with Crippen LogP contribution in [0, 0.1) is 0 Å². The Hall–Kier alpha value is -2.76. The molecule has 0 aromatic carbocycles. The van der Waals surface area contributed by atoms with Crippen molar-refractivity contribution in [1.29, 1.82) is 0 Å². The molecule has 0 radical (unpaired) electrons. The van der Waals surface area contributed by atoms with Crippen molar-refractivity contribution in [3.63, 3.8) is 0 Å². The summed E-state index contributed by atoms with van der Waals surface area (Å²) in [6.07, 6.45) is 5.15. The van der Waals surface area contributed by atoms with Crippen LogP contribution in [0.5, 0.6) is 0 Å². The Morgan fingerprint density at radius 2 is 1.82 bits per heavy atom. The van der Waals surface area contributed by atoms with E-state index >= 15 is 0 Å². The second-order valence-corrected chi connectivity index (χ2v) is 9.46. The van der Waals surface area contributed by atoms with Gasteiger partial charge in [-0.25, -0.2) is 15.0 Å². The van der Waals surface area contributed by atoms with Gasteiger partial charge in [-0.1, -0.05) is 0 Å². The fourth-order valence-corrected chi connectivity index (χ4v) is 4.81. The monoisotopic (exact) mass is 489 g/mol. The molecule has 5 heterocycles. The number of hydrogen-bond donors (Lipinski definition) is 2. The number of nitrogen functional groups attached to an aromatic ring is 1. The highest BCUT2D eigenvalue weighted by Crippen LogP contribution is 2.37. The first-order valence-electron chi connectivity index (χ1n) is 11.5. The standard InChI is InChI=1S/C22H31N9O2.ClH/c1-22(2,24)19(32)30-5-3-15(13-30)31-6-4-16-17(14-11-25-20(23)26-12-14)27-21(28-18(16)31)29-7-9-33-10-8-29;/h11-12,15H,3-10,13,24H2,1-2H3,(H2,23,25,26);1H/t15-;/m1./s1. The lowest BCUT2D eigenvalue weighted by Crippen LogP contribution is -2.51. The van der Waals surface area contributed by atoms with E-state index < -0.39 is 5.54 Å². The molecule has 34 heavy (non-hydrogen) atoms. The lowest BCUT2D eigenvalue weighted by atomic mass is 10.1. The highest BCUT2D eigenvalue weighted by Gasteiger charge is 2.39. The topological polar surface area (TPSA) is 140 Å². The van der Waals surface area contributed by atoms with Gasteiger partial charge in [-0.15, -0.1) is 12.4 Å². The number of nitrogens with two attached hydrogens (primary N) is 2. The maximum absolute atomic E-state index is 12.7. The Kier molecular flexibility index (Phi) is 6.79. The molecule has 2 aromatic heterocycles. The summed E-state index contributed by atoms with van der Waals surface area (Å²) in [5.41, 5.74) is 13.7. The van der Waals surface area contributed by atoms with Gasteiger partial charge >= 0.3 is 0 Å². The summed E-state index contributed by atoms with van der Waals surface area (Å²) in [6, 6.07) is 0.195. The van der Waals surface area contributed by atoms with Crippen LogP contribution >= 0.6 is 12.4 Å². The number of carbonyl (C=O) groups excluding carboxylic acids is 1. The molecule has 184 valence electrons. The summed E-state index contributed by atoms with van der Waals surface area (Å²) < 4.78 is 5.52. The summed E-state index contributed by atoms with van der Waals surface area (Å²) in [5, 5.41) is 0. The van der Waals surface area contributed by atoms with Crippen LogP contribution in [-0.4, -0.2) is 88.3 Å². The molecular formula is C22H32ClN9O2. The number of likely N-dealkylation sites (tertiary alicyclic amines) is 1. The first-order valence-corrected chi connectivity index (χ1v) is 11.5. The minimum atomic E-state index is -0.869. The molecule has 0 aliphatic carbocycles. The van der Waals surface area contributed by atoms with Crippen LogP contribution in [0.2, 0.25) is 0 Å². The Morgan fingerprint density at radius 1 is 1.12 bits per heavy atom. The number of ether oxygens (including phenoxy) is 1. The van der Waals surface area contributed by atoms with Gasteiger partial charge in [0.2, 0.25) is 17.8 Å². The van der Waals surface area contributed by atoms with Gasteiger partial charge in [-0.2, -0.15) is 4.98 Å². The molecule has 0 bridgehead atoms. The van der Waals surface area contributed by atoms with Gasteiger partial charge in [-0.3, -0.25) is 4.79 Å². The number of aromatic nitrogens is 4. The van der Waals surface area contributed by atoms with Crippen LogP contribution in [0.1, 0.15) is 25.8 Å². The van der Waals surface area contributed by atoms with Crippen molar-refractivity contribution in [3.05, 3.63) is 18.0 Å². The van der Waals surface area contributed by atoms with Crippen molar-refractivity contribution in [2.45, 2.75) is 38.3 Å². The van der Waals surface area contributed by atoms with Crippen LogP contribution in [-0.2, 0) is 16.0 Å². The normalized spacial score (nSPS) is 20.3. The molecule has 2 saturated heterocycles. The smallest absolute Gasteiger partial charge is 0.242 e. The van der Waals surface area contributed by atoms with E-state index in [4.69, 9.17) is 26.2 Å².